The molecule has 2 aromatic heterocycles. The minimum atomic E-state index is -0.932. The summed E-state index contributed by atoms with van der Waals surface area (Å²) in [7, 11) is 0. The molecule has 13 heteroatoms. The molecule has 2 aliphatic heterocycles. The SMILES string of the molecule is Cc1cnc(COc2ccc3nc4c(nc3c2)O[C@H]2CN(C(=O)[C@H](C(C)(C)C)NC(=O)O[C@]3(C)CCC[C@H]3CCCCC4)[C@H]([C-]=O)[C@@H]2C)o1.[V]. The molecule has 4 heterocycles. The number of benzene rings is 1. The zero-order valence-corrected chi connectivity index (χ0v) is 31.3. The third kappa shape index (κ3) is 8.12. The first-order chi connectivity index (χ1) is 23.3. The van der Waals surface area contributed by atoms with Crippen LogP contribution in [0.4, 0.5) is 4.79 Å². The number of fused-ring (bicyclic) bond motifs is 5. The van der Waals surface area contributed by atoms with Gasteiger partial charge in [-0.2, -0.15) is 0 Å². The molecular formula is C37H48N5O7V-. The van der Waals surface area contributed by atoms with E-state index in [-0.39, 0.29) is 43.5 Å². The minimum Gasteiger partial charge on any atom is -0.540 e. The van der Waals surface area contributed by atoms with E-state index < -0.39 is 41.2 Å². The van der Waals surface area contributed by atoms with Crippen molar-refractivity contribution in [2.75, 3.05) is 6.54 Å². The van der Waals surface area contributed by atoms with Crippen molar-refractivity contribution in [3.05, 3.63) is 41.7 Å². The number of aryl methyl sites for hydroxylation is 2. The summed E-state index contributed by atoms with van der Waals surface area (Å²) in [5.74, 6) is 1.61. The van der Waals surface area contributed by atoms with Gasteiger partial charge in [-0.3, -0.25) is 4.79 Å². The maximum atomic E-state index is 14.2. The van der Waals surface area contributed by atoms with Gasteiger partial charge < -0.3 is 33.6 Å². The number of hydrogen-bond acceptors (Lipinski definition) is 10. The molecule has 2 amide bonds. The maximum absolute atomic E-state index is 14.2. The molecule has 1 aliphatic carbocycles. The van der Waals surface area contributed by atoms with Gasteiger partial charge in [-0.15, -0.1) is 0 Å². The number of amides is 2. The van der Waals surface area contributed by atoms with E-state index in [1.807, 2.05) is 53.7 Å². The first kappa shape index (κ1) is 37.6. The van der Waals surface area contributed by atoms with Gasteiger partial charge in [0.1, 0.15) is 35.0 Å². The molecule has 0 spiro atoms. The van der Waals surface area contributed by atoms with Gasteiger partial charge in [0.25, 0.3) is 0 Å². The summed E-state index contributed by atoms with van der Waals surface area (Å²) in [6, 6.07) is 3.73. The monoisotopic (exact) mass is 725 g/mol. The molecule has 0 unspecified atom stereocenters. The number of nitrogens with zero attached hydrogens (tertiary/aromatic N) is 4. The molecule has 1 radical (unpaired) electrons. The third-order valence-corrected chi connectivity index (χ3v) is 10.4. The Morgan fingerprint density at radius 2 is 1.88 bits per heavy atom. The number of ether oxygens (including phenoxy) is 3. The van der Waals surface area contributed by atoms with Crippen LogP contribution in [0.2, 0.25) is 0 Å². The van der Waals surface area contributed by atoms with Gasteiger partial charge in [-0.25, -0.2) is 26.0 Å². The molecule has 2 bridgehead atoms. The predicted molar refractivity (Wildman–Crippen MR) is 181 cm³/mol. The van der Waals surface area contributed by atoms with Crippen molar-refractivity contribution in [3.8, 4) is 11.6 Å². The van der Waals surface area contributed by atoms with Crippen LogP contribution >= 0.6 is 0 Å². The molecule has 269 valence electrons. The topological polar surface area (TPSA) is 146 Å². The van der Waals surface area contributed by atoms with E-state index in [0.29, 0.717) is 40.7 Å². The van der Waals surface area contributed by atoms with Crippen LogP contribution in [0.3, 0.4) is 0 Å². The van der Waals surface area contributed by atoms with E-state index >= 15 is 0 Å². The van der Waals surface area contributed by atoms with E-state index in [1.54, 1.807) is 12.3 Å². The quantitative estimate of drug-likeness (QED) is 0.317. The minimum absolute atomic E-state index is 0. The smallest absolute Gasteiger partial charge is 0.408 e. The van der Waals surface area contributed by atoms with E-state index in [0.717, 1.165) is 50.6 Å². The summed E-state index contributed by atoms with van der Waals surface area (Å²) in [4.78, 5) is 55.6. The van der Waals surface area contributed by atoms with Crippen LogP contribution in [0.25, 0.3) is 11.0 Å². The Balaban J connectivity index is 0.00000486. The Bertz CT molecular complexity index is 1690. The van der Waals surface area contributed by atoms with Crippen molar-refractivity contribution in [1.29, 1.82) is 0 Å². The van der Waals surface area contributed by atoms with Crippen molar-refractivity contribution < 1.29 is 51.6 Å². The molecule has 1 saturated heterocycles. The molecule has 50 heavy (non-hydrogen) atoms. The Kier molecular flexibility index (Phi) is 11.5. The van der Waals surface area contributed by atoms with Crippen LogP contribution in [-0.4, -0.2) is 68.5 Å². The molecule has 6 rings (SSSR count). The molecule has 12 nitrogen and oxygen atoms in total. The zero-order valence-electron chi connectivity index (χ0n) is 29.9. The Labute approximate surface area is 305 Å². The zero-order chi connectivity index (χ0) is 34.9. The van der Waals surface area contributed by atoms with E-state index in [1.165, 1.54) is 4.90 Å². The summed E-state index contributed by atoms with van der Waals surface area (Å²) in [5, 5.41) is 2.89. The second-order valence-electron chi connectivity index (χ2n) is 15.2. The summed E-state index contributed by atoms with van der Waals surface area (Å²) in [6.07, 6.45) is 9.76. The van der Waals surface area contributed by atoms with Gasteiger partial charge in [0.2, 0.25) is 17.7 Å². The Morgan fingerprint density at radius 1 is 1.10 bits per heavy atom. The van der Waals surface area contributed by atoms with Crippen LogP contribution in [0.5, 0.6) is 11.6 Å². The van der Waals surface area contributed by atoms with Gasteiger partial charge in [0, 0.05) is 24.6 Å². The van der Waals surface area contributed by atoms with Crippen LogP contribution in [0.15, 0.2) is 28.8 Å². The number of nitrogens with one attached hydrogen (secondary N) is 1. The van der Waals surface area contributed by atoms with Gasteiger partial charge in [-0.05, 0) is 81.8 Å². The van der Waals surface area contributed by atoms with E-state index in [2.05, 4.69) is 16.6 Å². The standard InChI is InChI=1S/C37H48N5O7.V/c1-22-18-38-31(47-22)21-46-25-14-15-26-28(17-25)40-33-27(39-26)13-9-7-8-11-24-12-10-16-37(24,6)49-35(45)41-32(36(3,4)5)34(44)42-19-30(48-33)23(2)29(42)20-43;/h14-15,17-18,23-24,29-30,32H,7-13,16,19,21H2,1-6H3,(H,41,45);/q-1;/t23-,24+,29+,30-,32+,37+;/m0./s1. The number of alkyl carbamates (subject to hydrolysis) is 1. The second kappa shape index (κ2) is 15.3. The van der Waals surface area contributed by atoms with E-state index in [9.17, 15) is 14.4 Å². The second-order valence-corrected chi connectivity index (χ2v) is 15.2. The fourth-order valence-electron chi connectivity index (χ4n) is 7.49. The average Bonchev–Trinajstić information content (AvgIpc) is 3.73. The van der Waals surface area contributed by atoms with Crippen molar-refractivity contribution >= 4 is 29.3 Å². The maximum Gasteiger partial charge on any atom is 0.408 e. The normalized spacial score (nSPS) is 27.9. The van der Waals surface area contributed by atoms with Crippen molar-refractivity contribution in [1.82, 2.24) is 25.2 Å². The first-order valence-corrected chi connectivity index (χ1v) is 17.5. The number of oxazole rings is 1. The molecule has 6 atom stereocenters. The molecule has 2 fully saturated rings. The Hall–Kier alpha value is -3.64. The van der Waals surface area contributed by atoms with Gasteiger partial charge in [0.15, 0.2) is 6.61 Å². The molecule has 1 saturated carbocycles. The van der Waals surface area contributed by atoms with E-state index in [4.69, 9.17) is 28.6 Å². The number of carbonyl (C=O) groups is 2. The Morgan fingerprint density at radius 3 is 2.60 bits per heavy atom. The van der Waals surface area contributed by atoms with Crippen LogP contribution in [0.1, 0.15) is 96.9 Å². The van der Waals surface area contributed by atoms with Gasteiger partial charge >= 0.3 is 6.09 Å². The number of aromatic nitrogens is 3. The first-order valence-electron chi connectivity index (χ1n) is 17.5. The van der Waals surface area contributed by atoms with Gasteiger partial charge in [0.05, 0.1) is 23.8 Å². The van der Waals surface area contributed by atoms with Crippen molar-refractivity contribution in [3.63, 3.8) is 0 Å². The molecule has 3 aromatic rings. The fourth-order valence-corrected chi connectivity index (χ4v) is 7.49. The van der Waals surface area contributed by atoms with Crippen molar-refractivity contribution in [2.24, 2.45) is 17.3 Å². The number of hydrogen-bond donors (Lipinski definition) is 1. The van der Waals surface area contributed by atoms with Crippen molar-refractivity contribution in [2.45, 2.75) is 123 Å². The molecular weight excluding hydrogens is 677 g/mol. The summed E-state index contributed by atoms with van der Waals surface area (Å²) >= 11 is 0. The summed E-state index contributed by atoms with van der Waals surface area (Å²) in [6.45, 7) is 11.7. The number of carbonyl (C=O) groups excluding carboxylic acids is 3. The molecule has 3 aliphatic rings. The summed E-state index contributed by atoms with van der Waals surface area (Å²) in [5.41, 5.74) is 0.770. The predicted octanol–water partition coefficient (Wildman–Crippen LogP) is 6.02. The van der Waals surface area contributed by atoms with Gasteiger partial charge in [-0.1, -0.05) is 46.6 Å². The third-order valence-electron chi connectivity index (χ3n) is 10.4. The van der Waals surface area contributed by atoms with Crippen LogP contribution < -0.4 is 14.8 Å². The average molecular weight is 726 g/mol. The largest absolute Gasteiger partial charge is 0.540 e. The van der Waals surface area contributed by atoms with Crippen LogP contribution in [-0.2, 0) is 45.9 Å². The fraction of sp³-hybridized carbons (Fsp3) is 0.622. The number of rotatable bonds is 4. The van der Waals surface area contributed by atoms with Crippen LogP contribution in [0, 0.1) is 24.2 Å². The molecule has 1 N–H and O–H groups in total. The summed E-state index contributed by atoms with van der Waals surface area (Å²) < 4.78 is 24.2. The molecule has 1 aromatic carbocycles.